The van der Waals surface area contributed by atoms with E-state index in [1.165, 1.54) is 16.7 Å². The van der Waals surface area contributed by atoms with Gasteiger partial charge < -0.3 is 5.11 Å². The van der Waals surface area contributed by atoms with E-state index < -0.39 is 0 Å². The highest BCUT2D eigenvalue weighted by atomic mass is 16.3. The number of hydrogen-bond donors (Lipinski definition) is 1. The zero-order valence-corrected chi connectivity index (χ0v) is 11.8. The summed E-state index contributed by atoms with van der Waals surface area (Å²) < 4.78 is 0. The van der Waals surface area contributed by atoms with Crippen molar-refractivity contribution in [2.24, 2.45) is 5.92 Å². The fourth-order valence-corrected chi connectivity index (χ4v) is 3.26. The molecule has 2 aromatic carbocycles. The van der Waals surface area contributed by atoms with Gasteiger partial charge in [-0.05, 0) is 54.7 Å². The van der Waals surface area contributed by atoms with Gasteiger partial charge in [-0.2, -0.15) is 0 Å². The van der Waals surface area contributed by atoms with Crippen LogP contribution in [0.2, 0.25) is 0 Å². The lowest BCUT2D eigenvalue weighted by Gasteiger charge is -2.17. The fraction of sp³-hybridized carbons (Fsp3) is 0.368. The Morgan fingerprint density at radius 3 is 2.15 bits per heavy atom. The molecule has 1 nitrogen and oxygen atoms in total. The summed E-state index contributed by atoms with van der Waals surface area (Å²) in [5.74, 6) is 0.420. The minimum Gasteiger partial charge on any atom is -0.393 e. The topological polar surface area (TPSA) is 20.2 Å². The molecule has 1 heteroatoms. The second-order valence-electron chi connectivity index (χ2n) is 5.88. The van der Waals surface area contributed by atoms with Gasteiger partial charge in [0.15, 0.2) is 0 Å². The largest absolute Gasteiger partial charge is 0.393 e. The summed E-state index contributed by atoms with van der Waals surface area (Å²) in [4.78, 5) is 0. The van der Waals surface area contributed by atoms with Crippen LogP contribution in [0.4, 0.5) is 0 Å². The third-order valence-electron chi connectivity index (χ3n) is 4.43. The van der Waals surface area contributed by atoms with Crippen molar-refractivity contribution in [1.82, 2.24) is 0 Å². The summed E-state index contributed by atoms with van der Waals surface area (Å²) in [5, 5.41) is 10.4. The molecule has 0 saturated carbocycles. The Balaban J connectivity index is 1.48. The summed E-state index contributed by atoms with van der Waals surface area (Å²) in [6.07, 6.45) is 4.97. The van der Waals surface area contributed by atoms with Crippen molar-refractivity contribution in [3.8, 4) is 0 Å². The molecule has 20 heavy (non-hydrogen) atoms. The molecule has 1 N–H and O–H groups in total. The van der Waals surface area contributed by atoms with E-state index >= 15 is 0 Å². The van der Waals surface area contributed by atoms with Gasteiger partial charge in [0, 0.05) is 0 Å². The Hall–Kier alpha value is -1.60. The molecular weight excluding hydrogens is 244 g/mol. The number of benzene rings is 2. The van der Waals surface area contributed by atoms with Crippen LogP contribution < -0.4 is 0 Å². The highest BCUT2D eigenvalue weighted by Crippen LogP contribution is 2.30. The number of hydrogen-bond acceptors (Lipinski definition) is 1. The van der Waals surface area contributed by atoms with Crippen LogP contribution in [-0.4, -0.2) is 11.2 Å². The molecule has 1 aliphatic carbocycles. The average Bonchev–Trinajstić information content (AvgIpc) is 2.92. The van der Waals surface area contributed by atoms with E-state index in [9.17, 15) is 5.11 Å². The molecule has 1 aliphatic rings. The molecule has 0 spiro atoms. The van der Waals surface area contributed by atoms with Crippen molar-refractivity contribution in [1.29, 1.82) is 0 Å². The van der Waals surface area contributed by atoms with Gasteiger partial charge in [-0.1, -0.05) is 54.6 Å². The molecule has 1 unspecified atom stereocenters. The second-order valence-corrected chi connectivity index (χ2v) is 5.88. The Kier molecular flexibility index (Phi) is 4.17. The van der Waals surface area contributed by atoms with Crippen molar-refractivity contribution in [3.05, 3.63) is 71.3 Å². The first-order chi connectivity index (χ1) is 9.83. The Morgan fingerprint density at radius 2 is 1.50 bits per heavy atom. The normalized spacial score (nSPS) is 16.1. The maximum Gasteiger partial charge on any atom is 0.0574 e. The third kappa shape index (κ3) is 3.10. The smallest absolute Gasteiger partial charge is 0.0574 e. The molecular formula is C19H22O. The average molecular weight is 266 g/mol. The molecule has 0 radical (unpaired) electrons. The fourth-order valence-electron chi connectivity index (χ4n) is 3.26. The SMILES string of the molecule is OC(CCCc1ccccc1)C1Cc2ccccc2C1. The van der Waals surface area contributed by atoms with E-state index in [4.69, 9.17) is 0 Å². The molecule has 3 rings (SSSR count). The highest BCUT2D eigenvalue weighted by Gasteiger charge is 2.26. The minimum atomic E-state index is -0.161. The van der Waals surface area contributed by atoms with Crippen molar-refractivity contribution in [2.45, 2.75) is 38.2 Å². The van der Waals surface area contributed by atoms with Gasteiger partial charge in [-0.15, -0.1) is 0 Å². The summed E-state index contributed by atoms with van der Waals surface area (Å²) in [7, 11) is 0. The van der Waals surface area contributed by atoms with Crippen LogP contribution in [0.15, 0.2) is 54.6 Å². The van der Waals surface area contributed by atoms with Crippen LogP contribution in [0.25, 0.3) is 0 Å². The number of aliphatic hydroxyl groups excluding tert-OH is 1. The summed E-state index contributed by atoms with van der Waals surface area (Å²) >= 11 is 0. The van der Waals surface area contributed by atoms with Crippen molar-refractivity contribution < 1.29 is 5.11 Å². The number of aryl methyl sites for hydroxylation is 1. The molecule has 0 amide bonds. The monoisotopic (exact) mass is 266 g/mol. The van der Waals surface area contributed by atoms with E-state index in [1.807, 2.05) is 6.07 Å². The lowest BCUT2D eigenvalue weighted by Crippen LogP contribution is -2.20. The lowest BCUT2D eigenvalue weighted by molar-refractivity contribution is 0.101. The predicted octanol–water partition coefficient (Wildman–Crippen LogP) is 3.79. The third-order valence-corrected chi connectivity index (χ3v) is 4.43. The highest BCUT2D eigenvalue weighted by molar-refractivity contribution is 5.32. The summed E-state index contributed by atoms with van der Waals surface area (Å²) in [6, 6.07) is 19.1. The van der Waals surface area contributed by atoms with Gasteiger partial charge in [0.1, 0.15) is 0 Å². The van der Waals surface area contributed by atoms with Gasteiger partial charge in [-0.25, -0.2) is 0 Å². The molecule has 0 saturated heterocycles. The Morgan fingerprint density at radius 1 is 0.900 bits per heavy atom. The lowest BCUT2D eigenvalue weighted by atomic mass is 9.94. The molecule has 104 valence electrons. The van der Waals surface area contributed by atoms with Gasteiger partial charge in [0.25, 0.3) is 0 Å². The van der Waals surface area contributed by atoms with Crippen LogP contribution in [0, 0.1) is 5.92 Å². The summed E-state index contributed by atoms with van der Waals surface area (Å²) in [6.45, 7) is 0. The van der Waals surface area contributed by atoms with Crippen molar-refractivity contribution >= 4 is 0 Å². The second kappa shape index (κ2) is 6.23. The molecule has 0 aliphatic heterocycles. The van der Waals surface area contributed by atoms with Crippen LogP contribution >= 0.6 is 0 Å². The Bertz CT molecular complexity index is 522. The van der Waals surface area contributed by atoms with E-state index in [1.54, 1.807) is 0 Å². The van der Waals surface area contributed by atoms with Crippen LogP contribution in [0.1, 0.15) is 29.5 Å². The minimum absolute atomic E-state index is 0.161. The van der Waals surface area contributed by atoms with E-state index in [2.05, 4.69) is 48.5 Å². The first-order valence-corrected chi connectivity index (χ1v) is 7.61. The first kappa shape index (κ1) is 13.4. The van der Waals surface area contributed by atoms with E-state index in [0.717, 1.165) is 32.1 Å². The maximum atomic E-state index is 10.4. The zero-order chi connectivity index (χ0) is 13.8. The summed E-state index contributed by atoms with van der Waals surface area (Å²) in [5.41, 5.74) is 4.23. The first-order valence-electron chi connectivity index (χ1n) is 7.61. The standard InChI is InChI=1S/C19H22O/c20-19(12-6-9-15-7-2-1-3-8-15)18-13-16-10-4-5-11-17(16)14-18/h1-5,7-8,10-11,18-20H,6,9,12-14H2. The Labute approximate surface area is 121 Å². The van der Waals surface area contributed by atoms with Crippen LogP contribution in [0.3, 0.4) is 0 Å². The predicted molar refractivity (Wildman–Crippen MR) is 82.7 cm³/mol. The van der Waals surface area contributed by atoms with Crippen LogP contribution in [-0.2, 0) is 19.3 Å². The van der Waals surface area contributed by atoms with E-state index in [0.29, 0.717) is 5.92 Å². The molecule has 0 aromatic heterocycles. The van der Waals surface area contributed by atoms with Crippen molar-refractivity contribution in [3.63, 3.8) is 0 Å². The quantitative estimate of drug-likeness (QED) is 0.873. The zero-order valence-electron chi connectivity index (χ0n) is 11.8. The molecule has 2 aromatic rings. The van der Waals surface area contributed by atoms with E-state index in [-0.39, 0.29) is 6.10 Å². The number of fused-ring (bicyclic) bond motifs is 1. The van der Waals surface area contributed by atoms with Crippen molar-refractivity contribution in [2.75, 3.05) is 0 Å². The number of rotatable bonds is 5. The van der Waals surface area contributed by atoms with Gasteiger partial charge in [0.2, 0.25) is 0 Å². The molecule has 0 fully saturated rings. The van der Waals surface area contributed by atoms with Gasteiger partial charge in [-0.3, -0.25) is 0 Å². The molecule has 0 bridgehead atoms. The number of aliphatic hydroxyl groups is 1. The van der Waals surface area contributed by atoms with Gasteiger partial charge in [0.05, 0.1) is 6.10 Å². The molecule has 1 atom stereocenters. The van der Waals surface area contributed by atoms with Gasteiger partial charge >= 0.3 is 0 Å². The maximum absolute atomic E-state index is 10.4. The molecule has 0 heterocycles. The van der Waals surface area contributed by atoms with Crippen LogP contribution in [0.5, 0.6) is 0 Å².